The van der Waals surface area contributed by atoms with Crippen molar-refractivity contribution in [2.75, 3.05) is 19.4 Å². The summed E-state index contributed by atoms with van der Waals surface area (Å²) in [6.07, 6.45) is 3.18. The summed E-state index contributed by atoms with van der Waals surface area (Å²) in [5, 5.41) is 0. The minimum absolute atomic E-state index is 0.0652. The van der Waals surface area contributed by atoms with Crippen molar-refractivity contribution in [3.63, 3.8) is 0 Å². The predicted molar refractivity (Wildman–Crippen MR) is 78.4 cm³/mol. The van der Waals surface area contributed by atoms with Crippen LogP contribution < -0.4 is 4.72 Å². The SMILES string of the molecule is Cc1ccc(CN2C[C@@H](NS(C)(=O)=O)[C@H]3OCCC[C@H]32)o1. The summed E-state index contributed by atoms with van der Waals surface area (Å²) in [6, 6.07) is 4.00. The van der Waals surface area contributed by atoms with Crippen molar-refractivity contribution >= 4 is 10.0 Å². The first-order valence-electron chi connectivity index (χ1n) is 7.31. The molecule has 3 atom stereocenters. The second-order valence-electron chi connectivity index (χ2n) is 5.98. The second kappa shape index (κ2) is 5.72. The Labute approximate surface area is 125 Å². The summed E-state index contributed by atoms with van der Waals surface area (Å²) in [5.41, 5.74) is 0. The van der Waals surface area contributed by atoms with Crippen LogP contribution in [-0.2, 0) is 21.3 Å². The smallest absolute Gasteiger partial charge is 0.209 e. The van der Waals surface area contributed by atoms with Gasteiger partial charge in [0.1, 0.15) is 11.5 Å². The lowest BCUT2D eigenvalue weighted by atomic mass is 10.0. The van der Waals surface area contributed by atoms with E-state index in [9.17, 15) is 8.42 Å². The van der Waals surface area contributed by atoms with Crippen LogP contribution in [0.1, 0.15) is 24.4 Å². The highest BCUT2D eigenvalue weighted by atomic mass is 32.2. The minimum atomic E-state index is -3.23. The third-order valence-electron chi connectivity index (χ3n) is 4.15. The number of fused-ring (bicyclic) bond motifs is 1. The molecule has 0 aromatic carbocycles. The molecular weight excluding hydrogens is 292 g/mol. The van der Waals surface area contributed by atoms with Crippen molar-refractivity contribution in [2.45, 2.75) is 44.5 Å². The molecule has 0 aliphatic carbocycles. The van der Waals surface area contributed by atoms with Gasteiger partial charge in [-0.25, -0.2) is 13.1 Å². The van der Waals surface area contributed by atoms with Crippen LogP contribution in [0.25, 0.3) is 0 Å². The van der Waals surface area contributed by atoms with E-state index >= 15 is 0 Å². The van der Waals surface area contributed by atoms with Crippen LogP contribution in [0.15, 0.2) is 16.5 Å². The van der Waals surface area contributed by atoms with Crippen molar-refractivity contribution in [2.24, 2.45) is 0 Å². The molecule has 1 aromatic rings. The molecule has 0 bridgehead atoms. The molecule has 0 saturated carbocycles. The molecule has 0 radical (unpaired) electrons. The van der Waals surface area contributed by atoms with E-state index in [0.717, 1.165) is 24.4 Å². The number of nitrogens with one attached hydrogen (secondary N) is 1. The highest BCUT2D eigenvalue weighted by Gasteiger charge is 2.45. The molecule has 118 valence electrons. The van der Waals surface area contributed by atoms with E-state index in [1.807, 2.05) is 19.1 Å². The Hall–Kier alpha value is -0.890. The van der Waals surface area contributed by atoms with Crippen LogP contribution in [0.5, 0.6) is 0 Å². The van der Waals surface area contributed by atoms with E-state index in [0.29, 0.717) is 19.7 Å². The van der Waals surface area contributed by atoms with Gasteiger partial charge in [-0.15, -0.1) is 0 Å². The van der Waals surface area contributed by atoms with E-state index in [1.165, 1.54) is 6.26 Å². The lowest BCUT2D eigenvalue weighted by Crippen LogP contribution is -2.47. The highest BCUT2D eigenvalue weighted by molar-refractivity contribution is 7.88. The quantitative estimate of drug-likeness (QED) is 0.893. The van der Waals surface area contributed by atoms with E-state index in [1.54, 1.807) is 0 Å². The van der Waals surface area contributed by atoms with Crippen LogP contribution in [0, 0.1) is 6.92 Å². The average molecular weight is 314 g/mol. The van der Waals surface area contributed by atoms with E-state index in [-0.39, 0.29) is 18.2 Å². The number of ether oxygens (including phenoxy) is 1. The normalized spacial score (nSPS) is 30.5. The summed E-state index contributed by atoms with van der Waals surface area (Å²) in [5.74, 6) is 1.81. The zero-order chi connectivity index (χ0) is 15.0. The van der Waals surface area contributed by atoms with Crippen molar-refractivity contribution < 1.29 is 17.6 Å². The fraction of sp³-hybridized carbons (Fsp3) is 0.714. The molecule has 3 rings (SSSR count). The first-order chi connectivity index (χ1) is 9.92. The highest BCUT2D eigenvalue weighted by Crippen LogP contribution is 2.30. The molecular formula is C14H22N2O4S. The Morgan fingerprint density at radius 2 is 2.24 bits per heavy atom. The molecule has 0 amide bonds. The Bertz CT molecular complexity index is 598. The zero-order valence-corrected chi connectivity index (χ0v) is 13.2. The van der Waals surface area contributed by atoms with E-state index < -0.39 is 10.0 Å². The van der Waals surface area contributed by atoms with Gasteiger partial charge < -0.3 is 9.15 Å². The van der Waals surface area contributed by atoms with Gasteiger partial charge in [-0.1, -0.05) is 0 Å². The first-order valence-corrected chi connectivity index (χ1v) is 9.20. The Kier molecular flexibility index (Phi) is 4.09. The monoisotopic (exact) mass is 314 g/mol. The zero-order valence-electron chi connectivity index (χ0n) is 12.4. The third kappa shape index (κ3) is 3.48. The molecule has 21 heavy (non-hydrogen) atoms. The molecule has 1 N–H and O–H groups in total. The first kappa shape index (κ1) is 15.0. The number of aryl methyl sites for hydroxylation is 1. The number of hydrogen-bond donors (Lipinski definition) is 1. The van der Waals surface area contributed by atoms with Crippen LogP contribution in [0.4, 0.5) is 0 Å². The summed E-state index contributed by atoms with van der Waals surface area (Å²) in [6.45, 7) is 3.98. The van der Waals surface area contributed by atoms with Crippen LogP contribution in [0.2, 0.25) is 0 Å². The molecule has 2 fully saturated rings. The van der Waals surface area contributed by atoms with Gasteiger partial charge in [0, 0.05) is 19.2 Å². The van der Waals surface area contributed by atoms with E-state index in [2.05, 4.69) is 9.62 Å². The van der Waals surface area contributed by atoms with Gasteiger partial charge in [-0.3, -0.25) is 4.90 Å². The van der Waals surface area contributed by atoms with Gasteiger partial charge in [0.15, 0.2) is 0 Å². The average Bonchev–Trinajstić information content (AvgIpc) is 2.94. The second-order valence-corrected chi connectivity index (χ2v) is 7.76. The molecule has 2 saturated heterocycles. The van der Waals surface area contributed by atoms with Gasteiger partial charge in [-0.05, 0) is 31.9 Å². The van der Waals surface area contributed by atoms with Crippen LogP contribution in [-0.4, -0.2) is 50.9 Å². The Balaban J connectivity index is 1.74. The molecule has 2 aliphatic heterocycles. The number of likely N-dealkylation sites (tertiary alicyclic amines) is 1. The standard InChI is InChI=1S/C14H22N2O4S/c1-10-5-6-11(20-10)8-16-9-12(15-21(2,17)18)14-13(16)4-3-7-19-14/h5-6,12-15H,3-4,7-9H2,1-2H3/t12-,13-,14-/m1/s1. The third-order valence-corrected chi connectivity index (χ3v) is 4.88. The molecule has 6 nitrogen and oxygen atoms in total. The number of furan rings is 1. The van der Waals surface area contributed by atoms with E-state index in [4.69, 9.17) is 9.15 Å². The lowest BCUT2D eigenvalue weighted by Gasteiger charge is -2.32. The van der Waals surface area contributed by atoms with Gasteiger partial charge >= 0.3 is 0 Å². The van der Waals surface area contributed by atoms with Crippen molar-refractivity contribution in [1.29, 1.82) is 0 Å². The van der Waals surface area contributed by atoms with Crippen molar-refractivity contribution in [3.05, 3.63) is 23.7 Å². The van der Waals surface area contributed by atoms with Gasteiger partial charge in [0.05, 0.1) is 24.9 Å². The largest absolute Gasteiger partial charge is 0.465 e. The van der Waals surface area contributed by atoms with Gasteiger partial charge in [-0.2, -0.15) is 0 Å². The van der Waals surface area contributed by atoms with Crippen molar-refractivity contribution in [1.82, 2.24) is 9.62 Å². The maximum Gasteiger partial charge on any atom is 0.209 e. The summed E-state index contributed by atoms with van der Waals surface area (Å²) < 4.78 is 37.2. The lowest BCUT2D eigenvalue weighted by molar-refractivity contribution is -0.0201. The summed E-state index contributed by atoms with van der Waals surface area (Å²) >= 11 is 0. The Morgan fingerprint density at radius 1 is 1.43 bits per heavy atom. The van der Waals surface area contributed by atoms with Crippen LogP contribution >= 0.6 is 0 Å². The number of nitrogens with zero attached hydrogens (tertiary/aromatic N) is 1. The minimum Gasteiger partial charge on any atom is -0.465 e. The summed E-state index contributed by atoms with van der Waals surface area (Å²) in [7, 11) is -3.23. The number of hydrogen-bond acceptors (Lipinski definition) is 5. The number of rotatable bonds is 4. The molecule has 1 aromatic heterocycles. The van der Waals surface area contributed by atoms with Crippen LogP contribution in [0.3, 0.4) is 0 Å². The van der Waals surface area contributed by atoms with Crippen molar-refractivity contribution in [3.8, 4) is 0 Å². The maximum atomic E-state index is 11.5. The number of sulfonamides is 1. The maximum absolute atomic E-state index is 11.5. The molecule has 0 spiro atoms. The fourth-order valence-electron chi connectivity index (χ4n) is 3.39. The molecule has 2 aliphatic rings. The predicted octanol–water partition coefficient (Wildman–Crippen LogP) is 0.869. The molecule has 7 heteroatoms. The Morgan fingerprint density at radius 3 is 2.90 bits per heavy atom. The fourth-order valence-corrected chi connectivity index (χ4v) is 4.14. The van der Waals surface area contributed by atoms with Gasteiger partial charge in [0.25, 0.3) is 0 Å². The topological polar surface area (TPSA) is 71.8 Å². The van der Waals surface area contributed by atoms with Gasteiger partial charge in [0.2, 0.25) is 10.0 Å². The summed E-state index contributed by atoms with van der Waals surface area (Å²) in [4.78, 5) is 2.27. The molecule has 3 heterocycles. The molecule has 0 unspecified atom stereocenters.